The fourth-order valence-electron chi connectivity index (χ4n) is 1.70. The minimum atomic E-state index is -0.258. The number of fused-ring (bicyclic) bond motifs is 1. The summed E-state index contributed by atoms with van der Waals surface area (Å²) in [7, 11) is 0. The molecule has 1 fully saturated rings. The van der Waals surface area contributed by atoms with Crippen molar-refractivity contribution in [3.8, 4) is 5.75 Å². The van der Waals surface area contributed by atoms with Gasteiger partial charge in [-0.25, -0.2) is 4.39 Å². The molecule has 0 saturated heterocycles. The molecule has 2 aliphatic rings. The van der Waals surface area contributed by atoms with Crippen LogP contribution in [0, 0.1) is 5.82 Å². The fourth-order valence-corrected chi connectivity index (χ4v) is 2.02. The van der Waals surface area contributed by atoms with Crippen LogP contribution < -0.4 is 10.1 Å². The van der Waals surface area contributed by atoms with Gasteiger partial charge in [0.05, 0.1) is 16.7 Å². The van der Waals surface area contributed by atoms with Gasteiger partial charge in [-0.3, -0.25) is 0 Å². The van der Waals surface area contributed by atoms with Gasteiger partial charge in [0.2, 0.25) is 0 Å². The van der Waals surface area contributed by atoms with Crippen LogP contribution in [0.2, 0.25) is 0 Å². The molecule has 1 aromatic carbocycles. The molecule has 0 unspecified atom stereocenters. The average Bonchev–Trinajstić information content (AvgIpc) is 2.89. The monoisotopic (exact) mass is 257 g/mol. The normalized spacial score (nSPS) is 21.0. The number of rotatable bonds is 0. The van der Waals surface area contributed by atoms with Gasteiger partial charge in [0.1, 0.15) is 17.2 Å². The van der Waals surface area contributed by atoms with E-state index in [1.54, 1.807) is 6.07 Å². The molecule has 0 radical (unpaired) electrons. The van der Waals surface area contributed by atoms with E-state index in [2.05, 4.69) is 21.2 Å². The van der Waals surface area contributed by atoms with Gasteiger partial charge in [-0.05, 0) is 34.8 Å². The second-order valence-electron chi connectivity index (χ2n) is 3.90. The first-order valence-electron chi connectivity index (χ1n) is 4.61. The predicted molar refractivity (Wildman–Crippen MR) is 55.2 cm³/mol. The highest BCUT2D eigenvalue weighted by Gasteiger charge is 2.47. The molecule has 2 nitrogen and oxygen atoms in total. The van der Waals surface area contributed by atoms with Crippen molar-refractivity contribution in [2.75, 3.05) is 11.9 Å². The van der Waals surface area contributed by atoms with Crippen molar-refractivity contribution in [3.05, 3.63) is 22.4 Å². The Morgan fingerprint density at radius 2 is 2.21 bits per heavy atom. The lowest BCUT2D eigenvalue weighted by atomic mass is 10.2. The Balaban J connectivity index is 2.04. The van der Waals surface area contributed by atoms with Crippen LogP contribution in [-0.2, 0) is 0 Å². The van der Waals surface area contributed by atoms with Crippen molar-refractivity contribution in [2.24, 2.45) is 0 Å². The molecule has 0 bridgehead atoms. The summed E-state index contributed by atoms with van der Waals surface area (Å²) in [5, 5.41) is 3.20. The number of ether oxygens (including phenoxy) is 1. The van der Waals surface area contributed by atoms with Crippen molar-refractivity contribution >= 4 is 21.6 Å². The molecule has 1 aliphatic heterocycles. The minimum Gasteiger partial charge on any atom is -0.483 e. The molecule has 0 atom stereocenters. The Morgan fingerprint density at radius 3 is 2.93 bits per heavy atom. The molecule has 4 heteroatoms. The molecular formula is C10H9BrFNO. The second kappa shape index (κ2) is 2.63. The van der Waals surface area contributed by atoms with Crippen molar-refractivity contribution in [1.29, 1.82) is 0 Å². The Kier molecular flexibility index (Phi) is 1.60. The summed E-state index contributed by atoms with van der Waals surface area (Å²) < 4.78 is 19.4. The summed E-state index contributed by atoms with van der Waals surface area (Å²) in [6.07, 6.45) is 2.18. The lowest BCUT2D eigenvalue weighted by Crippen LogP contribution is -2.32. The van der Waals surface area contributed by atoms with E-state index in [0.717, 1.165) is 30.8 Å². The molecule has 1 heterocycles. The van der Waals surface area contributed by atoms with Crippen LogP contribution in [0.3, 0.4) is 0 Å². The van der Waals surface area contributed by atoms with Crippen LogP contribution in [0.5, 0.6) is 5.75 Å². The van der Waals surface area contributed by atoms with Crippen LogP contribution >= 0.6 is 15.9 Å². The Morgan fingerprint density at radius 1 is 1.43 bits per heavy atom. The van der Waals surface area contributed by atoms with E-state index in [1.165, 1.54) is 6.07 Å². The predicted octanol–water partition coefficient (Wildman–Crippen LogP) is 2.93. The summed E-state index contributed by atoms with van der Waals surface area (Å²) in [6.45, 7) is 0.793. The van der Waals surface area contributed by atoms with E-state index in [-0.39, 0.29) is 11.4 Å². The third-order valence-corrected chi connectivity index (χ3v) is 3.37. The summed E-state index contributed by atoms with van der Waals surface area (Å²) in [6, 6.07) is 3.16. The van der Waals surface area contributed by atoms with Crippen molar-refractivity contribution < 1.29 is 9.13 Å². The third-order valence-electron chi connectivity index (χ3n) is 2.76. The van der Waals surface area contributed by atoms with E-state index >= 15 is 0 Å². The third kappa shape index (κ3) is 1.21. The number of benzene rings is 1. The van der Waals surface area contributed by atoms with Gasteiger partial charge in [-0.2, -0.15) is 0 Å². The zero-order valence-electron chi connectivity index (χ0n) is 7.44. The Hall–Kier alpha value is -0.770. The molecule has 1 saturated carbocycles. The van der Waals surface area contributed by atoms with Gasteiger partial charge in [0.25, 0.3) is 0 Å². The first-order chi connectivity index (χ1) is 6.69. The van der Waals surface area contributed by atoms with Crippen LogP contribution in [0.4, 0.5) is 10.1 Å². The highest BCUT2D eigenvalue weighted by Crippen LogP contribution is 2.46. The van der Waals surface area contributed by atoms with Crippen molar-refractivity contribution in [2.45, 2.75) is 18.4 Å². The number of nitrogens with one attached hydrogen (secondary N) is 1. The van der Waals surface area contributed by atoms with E-state index < -0.39 is 0 Å². The largest absolute Gasteiger partial charge is 0.483 e. The Labute approximate surface area is 89.6 Å². The Bertz CT molecular complexity index is 403. The summed E-state index contributed by atoms with van der Waals surface area (Å²) >= 11 is 3.15. The zero-order chi connectivity index (χ0) is 9.76. The van der Waals surface area contributed by atoms with Crippen LogP contribution in [-0.4, -0.2) is 12.1 Å². The topological polar surface area (TPSA) is 21.3 Å². The maximum Gasteiger partial charge on any atom is 0.144 e. The fraction of sp³-hybridized carbons (Fsp3) is 0.400. The number of hydrogen-bond donors (Lipinski definition) is 1. The molecule has 0 amide bonds. The minimum absolute atomic E-state index is 0.00424. The number of anilines is 1. The van der Waals surface area contributed by atoms with Gasteiger partial charge in [-0.1, -0.05) is 0 Å². The maximum absolute atomic E-state index is 13.2. The van der Waals surface area contributed by atoms with E-state index in [1.807, 2.05) is 0 Å². The molecule has 1 spiro atoms. The zero-order valence-corrected chi connectivity index (χ0v) is 9.03. The SMILES string of the molecule is Fc1cc2c(cc1Br)OC1(CC1)CN2. The second-order valence-corrected chi connectivity index (χ2v) is 4.76. The van der Waals surface area contributed by atoms with Gasteiger partial charge in [0, 0.05) is 6.07 Å². The average molecular weight is 258 g/mol. The summed E-state index contributed by atoms with van der Waals surface area (Å²) in [4.78, 5) is 0. The molecule has 14 heavy (non-hydrogen) atoms. The smallest absolute Gasteiger partial charge is 0.144 e. The standard InChI is InChI=1S/C10H9BrFNO/c11-6-3-9-8(4-7(6)12)13-5-10(14-9)1-2-10/h3-4,13H,1-2,5H2. The molecule has 74 valence electrons. The van der Waals surface area contributed by atoms with Gasteiger partial charge < -0.3 is 10.1 Å². The maximum atomic E-state index is 13.2. The van der Waals surface area contributed by atoms with E-state index in [4.69, 9.17) is 4.74 Å². The van der Waals surface area contributed by atoms with Gasteiger partial charge >= 0.3 is 0 Å². The van der Waals surface area contributed by atoms with Gasteiger partial charge in [0.15, 0.2) is 0 Å². The molecule has 1 aromatic rings. The van der Waals surface area contributed by atoms with Crippen LogP contribution in [0.1, 0.15) is 12.8 Å². The summed E-state index contributed by atoms with van der Waals surface area (Å²) in [5.41, 5.74) is 0.757. The molecule has 1 aliphatic carbocycles. The quantitative estimate of drug-likeness (QED) is 0.772. The van der Waals surface area contributed by atoms with Gasteiger partial charge in [-0.15, -0.1) is 0 Å². The first kappa shape index (κ1) is 8.53. The molecule has 1 N–H and O–H groups in total. The highest BCUT2D eigenvalue weighted by atomic mass is 79.9. The highest BCUT2D eigenvalue weighted by molar-refractivity contribution is 9.10. The molecule has 3 rings (SSSR count). The molecular weight excluding hydrogens is 249 g/mol. The van der Waals surface area contributed by atoms with Crippen molar-refractivity contribution in [1.82, 2.24) is 0 Å². The first-order valence-corrected chi connectivity index (χ1v) is 5.40. The molecule has 0 aromatic heterocycles. The number of halogens is 2. The van der Waals surface area contributed by atoms with E-state index in [0.29, 0.717) is 4.47 Å². The number of hydrogen-bond acceptors (Lipinski definition) is 2. The van der Waals surface area contributed by atoms with E-state index in [9.17, 15) is 4.39 Å². The summed E-state index contributed by atoms with van der Waals surface area (Å²) in [5.74, 6) is 0.494. The lowest BCUT2D eigenvalue weighted by Gasteiger charge is -2.27. The van der Waals surface area contributed by atoms with Crippen molar-refractivity contribution in [3.63, 3.8) is 0 Å². The van der Waals surface area contributed by atoms with Crippen LogP contribution in [0.15, 0.2) is 16.6 Å². The lowest BCUT2D eigenvalue weighted by molar-refractivity contribution is 0.184. The van der Waals surface area contributed by atoms with Crippen LogP contribution in [0.25, 0.3) is 0 Å².